The lowest BCUT2D eigenvalue weighted by Crippen LogP contribution is -2.50. The summed E-state index contributed by atoms with van der Waals surface area (Å²) in [6.45, 7) is 9.18. The van der Waals surface area contributed by atoms with Crippen molar-refractivity contribution in [3.05, 3.63) is 42.5 Å². The van der Waals surface area contributed by atoms with Gasteiger partial charge in [0.05, 0.1) is 6.04 Å². The minimum atomic E-state index is 0.417. The summed E-state index contributed by atoms with van der Waals surface area (Å²) in [5.41, 5.74) is 2.68. The number of rotatable bonds is 2. The van der Waals surface area contributed by atoms with Crippen LogP contribution >= 0.6 is 0 Å². The number of aryl methyl sites for hydroxylation is 1. The molecule has 80 valence electrons. The van der Waals surface area contributed by atoms with Crippen LogP contribution in [0.3, 0.4) is 0 Å². The summed E-state index contributed by atoms with van der Waals surface area (Å²) >= 11 is 0. The first-order valence-electron chi connectivity index (χ1n) is 5.48. The molecule has 0 aromatic heterocycles. The van der Waals surface area contributed by atoms with Gasteiger partial charge in [-0.3, -0.25) is 0 Å². The summed E-state index contributed by atoms with van der Waals surface area (Å²) in [7, 11) is 0. The highest BCUT2D eigenvalue weighted by molar-refractivity contribution is 5.55. The molecule has 1 aliphatic heterocycles. The second kappa shape index (κ2) is 4.49. The SMILES string of the molecule is C=C[C@@H]1CNCCN1c1ccccc1C. The van der Waals surface area contributed by atoms with Crippen LogP contribution in [-0.2, 0) is 0 Å². The number of hydrogen-bond acceptors (Lipinski definition) is 2. The largest absolute Gasteiger partial charge is 0.362 e. The predicted octanol–water partition coefficient (Wildman–Crippen LogP) is 1.96. The Morgan fingerprint density at radius 1 is 1.47 bits per heavy atom. The van der Waals surface area contributed by atoms with Crippen molar-refractivity contribution < 1.29 is 0 Å². The molecular formula is C13H18N2. The number of para-hydroxylation sites is 1. The summed E-state index contributed by atoms with van der Waals surface area (Å²) in [5.74, 6) is 0. The maximum absolute atomic E-state index is 3.91. The topological polar surface area (TPSA) is 15.3 Å². The van der Waals surface area contributed by atoms with E-state index in [4.69, 9.17) is 0 Å². The van der Waals surface area contributed by atoms with Crippen LogP contribution in [0.4, 0.5) is 5.69 Å². The first-order valence-corrected chi connectivity index (χ1v) is 5.48. The third-order valence-electron chi connectivity index (χ3n) is 2.98. The standard InChI is InChI=1S/C13H18N2/c1-3-12-10-14-8-9-15(12)13-7-5-4-6-11(13)2/h3-7,12,14H,1,8-10H2,2H3/t12-/m1/s1. The van der Waals surface area contributed by atoms with Crippen LogP contribution in [0.5, 0.6) is 0 Å². The van der Waals surface area contributed by atoms with Gasteiger partial charge in [0.2, 0.25) is 0 Å². The van der Waals surface area contributed by atoms with E-state index in [0.717, 1.165) is 19.6 Å². The average Bonchev–Trinajstić information content (AvgIpc) is 2.30. The van der Waals surface area contributed by atoms with Gasteiger partial charge < -0.3 is 10.2 Å². The molecule has 1 aliphatic rings. The number of anilines is 1. The Morgan fingerprint density at radius 2 is 2.27 bits per heavy atom. The van der Waals surface area contributed by atoms with Gasteiger partial charge in [0.25, 0.3) is 0 Å². The molecule has 1 aromatic carbocycles. The van der Waals surface area contributed by atoms with Crippen LogP contribution in [0.25, 0.3) is 0 Å². The maximum Gasteiger partial charge on any atom is 0.0595 e. The number of benzene rings is 1. The highest BCUT2D eigenvalue weighted by Gasteiger charge is 2.20. The zero-order valence-corrected chi connectivity index (χ0v) is 9.24. The van der Waals surface area contributed by atoms with E-state index in [1.807, 2.05) is 6.08 Å². The van der Waals surface area contributed by atoms with E-state index < -0.39 is 0 Å². The first kappa shape index (κ1) is 10.2. The number of nitrogens with one attached hydrogen (secondary N) is 1. The molecule has 1 fully saturated rings. The highest BCUT2D eigenvalue weighted by atomic mass is 15.2. The highest BCUT2D eigenvalue weighted by Crippen LogP contribution is 2.22. The molecule has 0 saturated carbocycles. The summed E-state index contributed by atoms with van der Waals surface area (Å²) in [5, 5.41) is 3.39. The Labute approximate surface area is 91.6 Å². The fourth-order valence-corrected chi connectivity index (χ4v) is 2.12. The van der Waals surface area contributed by atoms with Gasteiger partial charge in [-0.15, -0.1) is 6.58 Å². The average molecular weight is 202 g/mol. The van der Waals surface area contributed by atoms with Crippen molar-refractivity contribution >= 4 is 5.69 Å². The Hall–Kier alpha value is -1.28. The zero-order chi connectivity index (χ0) is 10.7. The van der Waals surface area contributed by atoms with E-state index in [2.05, 4.69) is 48.0 Å². The van der Waals surface area contributed by atoms with E-state index in [9.17, 15) is 0 Å². The minimum absolute atomic E-state index is 0.417. The van der Waals surface area contributed by atoms with Crippen molar-refractivity contribution in [2.75, 3.05) is 24.5 Å². The molecule has 1 N–H and O–H groups in total. The third-order valence-corrected chi connectivity index (χ3v) is 2.98. The van der Waals surface area contributed by atoms with Gasteiger partial charge in [0.1, 0.15) is 0 Å². The third kappa shape index (κ3) is 2.05. The number of nitrogens with zero attached hydrogens (tertiary/aromatic N) is 1. The smallest absolute Gasteiger partial charge is 0.0595 e. The van der Waals surface area contributed by atoms with E-state index in [0.29, 0.717) is 6.04 Å². The molecule has 2 heteroatoms. The quantitative estimate of drug-likeness (QED) is 0.737. The minimum Gasteiger partial charge on any atom is -0.362 e. The summed E-state index contributed by atoms with van der Waals surface area (Å²) in [6, 6.07) is 8.96. The normalized spacial score (nSPS) is 21.4. The molecular weight excluding hydrogens is 184 g/mol. The number of piperazine rings is 1. The van der Waals surface area contributed by atoms with Crippen LogP contribution in [0.1, 0.15) is 5.56 Å². The van der Waals surface area contributed by atoms with Gasteiger partial charge >= 0.3 is 0 Å². The van der Waals surface area contributed by atoms with Crippen LogP contribution in [-0.4, -0.2) is 25.7 Å². The summed E-state index contributed by atoms with van der Waals surface area (Å²) in [6.07, 6.45) is 2.03. The zero-order valence-electron chi connectivity index (χ0n) is 9.24. The fourth-order valence-electron chi connectivity index (χ4n) is 2.12. The van der Waals surface area contributed by atoms with Crippen molar-refractivity contribution in [1.29, 1.82) is 0 Å². The Balaban J connectivity index is 2.28. The lowest BCUT2D eigenvalue weighted by molar-refractivity contribution is 0.529. The molecule has 0 bridgehead atoms. The van der Waals surface area contributed by atoms with Crippen LogP contribution in [0.2, 0.25) is 0 Å². The van der Waals surface area contributed by atoms with Gasteiger partial charge in [-0.1, -0.05) is 24.3 Å². The van der Waals surface area contributed by atoms with Gasteiger partial charge in [0, 0.05) is 25.3 Å². The van der Waals surface area contributed by atoms with Crippen molar-refractivity contribution in [2.45, 2.75) is 13.0 Å². The number of hydrogen-bond donors (Lipinski definition) is 1. The molecule has 0 unspecified atom stereocenters. The fraction of sp³-hybridized carbons (Fsp3) is 0.385. The van der Waals surface area contributed by atoms with Gasteiger partial charge in [-0.05, 0) is 18.6 Å². The molecule has 1 saturated heterocycles. The first-order chi connectivity index (χ1) is 7.33. The van der Waals surface area contributed by atoms with Crippen LogP contribution < -0.4 is 10.2 Å². The maximum atomic E-state index is 3.91. The van der Waals surface area contributed by atoms with Crippen molar-refractivity contribution in [3.8, 4) is 0 Å². The lowest BCUT2D eigenvalue weighted by Gasteiger charge is -2.37. The lowest BCUT2D eigenvalue weighted by atomic mass is 10.1. The Kier molecular flexibility index (Phi) is 3.07. The second-order valence-corrected chi connectivity index (χ2v) is 3.99. The predicted molar refractivity (Wildman–Crippen MR) is 65.4 cm³/mol. The Bertz CT molecular complexity index is 346. The molecule has 0 radical (unpaired) electrons. The van der Waals surface area contributed by atoms with Crippen LogP contribution in [0.15, 0.2) is 36.9 Å². The van der Waals surface area contributed by atoms with Gasteiger partial charge in [-0.25, -0.2) is 0 Å². The molecule has 2 rings (SSSR count). The van der Waals surface area contributed by atoms with E-state index in [1.54, 1.807) is 0 Å². The molecule has 1 heterocycles. The molecule has 0 spiro atoms. The summed E-state index contributed by atoms with van der Waals surface area (Å²) in [4.78, 5) is 2.43. The van der Waals surface area contributed by atoms with E-state index in [1.165, 1.54) is 11.3 Å². The Morgan fingerprint density at radius 3 is 3.00 bits per heavy atom. The van der Waals surface area contributed by atoms with Crippen molar-refractivity contribution in [2.24, 2.45) is 0 Å². The molecule has 0 amide bonds. The molecule has 1 atom stereocenters. The molecule has 0 aliphatic carbocycles. The molecule has 1 aromatic rings. The monoisotopic (exact) mass is 202 g/mol. The second-order valence-electron chi connectivity index (χ2n) is 3.99. The van der Waals surface area contributed by atoms with E-state index in [-0.39, 0.29) is 0 Å². The van der Waals surface area contributed by atoms with Gasteiger partial charge in [0.15, 0.2) is 0 Å². The summed E-state index contributed by atoms with van der Waals surface area (Å²) < 4.78 is 0. The van der Waals surface area contributed by atoms with Crippen molar-refractivity contribution in [3.63, 3.8) is 0 Å². The molecule has 15 heavy (non-hydrogen) atoms. The van der Waals surface area contributed by atoms with E-state index >= 15 is 0 Å². The van der Waals surface area contributed by atoms with Crippen molar-refractivity contribution in [1.82, 2.24) is 5.32 Å². The molecule has 2 nitrogen and oxygen atoms in total. The van der Waals surface area contributed by atoms with Gasteiger partial charge in [-0.2, -0.15) is 0 Å². The van der Waals surface area contributed by atoms with Crippen LogP contribution in [0, 0.1) is 6.92 Å².